The minimum absolute atomic E-state index is 0.0343. The molecule has 0 spiro atoms. The monoisotopic (exact) mass is 194 g/mol. The van der Waals surface area contributed by atoms with Gasteiger partial charge in [0.15, 0.2) is 10.1 Å². The molecule has 0 N–H and O–H groups in total. The van der Waals surface area contributed by atoms with Gasteiger partial charge in [0.1, 0.15) is 6.10 Å². The maximum absolute atomic E-state index is 11.1. The molecule has 2 atom stereocenters. The number of rotatable bonds is 0. The van der Waals surface area contributed by atoms with Crippen LogP contribution in [0, 0.1) is 5.92 Å². The lowest BCUT2D eigenvalue weighted by molar-refractivity contribution is -0.157. The van der Waals surface area contributed by atoms with E-state index in [0.29, 0.717) is 6.61 Å². The van der Waals surface area contributed by atoms with Crippen LogP contribution >= 0.6 is 23.2 Å². The lowest BCUT2D eigenvalue weighted by atomic mass is 9.75. The number of fused-ring (bicyclic) bond motifs is 1. The minimum Gasteiger partial charge on any atom is -0.370 e. The Morgan fingerprint density at radius 2 is 2.27 bits per heavy atom. The van der Waals surface area contributed by atoms with Crippen molar-refractivity contribution in [1.29, 1.82) is 0 Å². The Bertz CT molecular complexity index is 203. The Morgan fingerprint density at radius 3 is 2.91 bits per heavy atom. The number of carbonyl (C=O) groups excluding carboxylic acids is 1. The highest BCUT2D eigenvalue weighted by Crippen LogP contribution is 2.50. The van der Waals surface area contributed by atoms with Crippen LogP contribution in [0.3, 0.4) is 0 Å². The van der Waals surface area contributed by atoms with Gasteiger partial charge in [0.25, 0.3) is 0 Å². The van der Waals surface area contributed by atoms with Crippen molar-refractivity contribution < 1.29 is 9.53 Å². The number of alkyl halides is 2. The first-order valence-electron chi connectivity index (χ1n) is 3.68. The highest BCUT2D eigenvalue weighted by atomic mass is 35.5. The molecular weight excluding hydrogens is 187 g/mol. The van der Waals surface area contributed by atoms with Crippen molar-refractivity contribution in [3.8, 4) is 0 Å². The summed E-state index contributed by atoms with van der Waals surface area (Å²) in [5.74, 6) is -0.127. The largest absolute Gasteiger partial charge is 0.370 e. The molecule has 0 bridgehead atoms. The van der Waals surface area contributed by atoms with Gasteiger partial charge < -0.3 is 4.74 Å². The first kappa shape index (κ1) is 7.84. The molecule has 4 heteroatoms. The number of hydrogen-bond donors (Lipinski definition) is 0. The van der Waals surface area contributed by atoms with Crippen LogP contribution in [0.4, 0.5) is 0 Å². The summed E-state index contributed by atoms with van der Waals surface area (Å²) in [6, 6.07) is 0. The maximum Gasteiger partial charge on any atom is 0.198 e. The summed E-state index contributed by atoms with van der Waals surface area (Å²) in [5, 5.41) is 0. The van der Waals surface area contributed by atoms with Crippen LogP contribution in [0.2, 0.25) is 0 Å². The van der Waals surface area contributed by atoms with E-state index in [1.165, 1.54) is 0 Å². The molecule has 2 aliphatic rings. The number of ether oxygens (including phenoxy) is 1. The van der Waals surface area contributed by atoms with E-state index in [1.54, 1.807) is 0 Å². The molecule has 0 aromatic heterocycles. The van der Waals surface area contributed by atoms with Gasteiger partial charge in [-0.2, -0.15) is 0 Å². The van der Waals surface area contributed by atoms with E-state index in [1.807, 2.05) is 0 Å². The molecule has 1 saturated carbocycles. The van der Waals surface area contributed by atoms with E-state index in [-0.39, 0.29) is 17.8 Å². The van der Waals surface area contributed by atoms with Crippen LogP contribution in [0.5, 0.6) is 0 Å². The van der Waals surface area contributed by atoms with Gasteiger partial charge in [-0.15, -0.1) is 0 Å². The Morgan fingerprint density at radius 1 is 1.55 bits per heavy atom. The molecule has 1 aliphatic heterocycles. The Labute approximate surface area is 74.8 Å². The average Bonchev–Trinajstić information content (AvgIpc) is 2.04. The second-order valence-corrected chi connectivity index (χ2v) is 4.41. The third-order valence-corrected chi connectivity index (χ3v) is 3.31. The van der Waals surface area contributed by atoms with E-state index in [4.69, 9.17) is 27.9 Å². The van der Waals surface area contributed by atoms with Crippen molar-refractivity contribution in [1.82, 2.24) is 0 Å². The molecule has 1 saturated heterocycles. The smallest absolute Gasteiger partial charge is 0.198 e. The van der Waals surface area contributed by atoms with E-state index < -0.39 is 4.33 Å². The van der Waals surface area contributed by atoms with Crippen molar-refractivity contribution in [2.24, 2.45) is 5.92 Å². The molecular formula is C7H8Cl2O2. The first-order chi connectivity index (χ1) is 5.14. The highest BCUT2D eigenvalue weighted by molar-refractivity contribution is 6.61. The zero-order valence-electron chi connectivity index (χ0n) is 5.85. The van der Waals surface area contributed by atoms with Gasteiger partial charge in [0, 0.05) is 12.5 Å². The Balaban J connectivity index is 2.15. The quantitative estimate of drug-likeness (QED) is 0.548. The summed E-state index contributed by atoms with van der Waals surface area (Å²) in [6.45, 7) is 0.663. The fraction of sp³-hybridized carbons (Fsp3) is 0.857. The predicted molar refractivity (Wildman–Crippen MR) is 41.9 cm³/mol. The van der Waals surface area contributed by atoms with Crippen molar-refractivity contribution in [3.63, 3.8) is 0 Å². The van der Waals surface area contributed by atoms with Crippen LogP contribution in [0.25, 0.3) is 0 Å². The van der Waals surface area contributed by atoms with Crippen LogP contribution < -0.4 is 0 Å². The molecule has 1 heterocycles. The number of carbonyl (C=O) groups is 1. The number of ketones is 1. The normalized spacial score (nSPS) is 41.1. The van der Waals surface area contributed by atoms with E-state index in [2.05, 4.69) is 0 Å². The lowest BCUT2D eigenvalue weighted by Gasteiger charge is -2.47. The van der Waals surface area contributed by atoms with Gasteiger partial charge in [0.2, 0.25) is 0 Å². The SMILES string of the molecule is O=C1[C@@H]2OCCC[C@@H]2C1(Cl)Cl. The van der Waals surface area contributed by atoms with Gasteiger partial charge in [0.05, 0.1) is 0 Å². The fourth-order valence-corrected chi connectivity index (χ4v) is 2.35. The third-order valence-electron chi connectivity index (χ3n) is 2.37. The van der Waals surface area contributed by atoms with Gasteiger partial charge >= 0.3 is 0 Å². The van der Waals surface area contributed by atoms with Crippen molar-refractivity contribution in [2.75, 3.05) is 6.61 Å². The summed E-state index contributed by atoms with van der Waals surface area (Å²) < 4.78 is 4.06. The number of Topliss-reactive ketones (excluding diaryl/α,β-unsaturated/α-hetero) is 1. The van der Waals surface area contributed by atoms with Gasteiger partial charge in [-0.3, -0.25) is 4.79 Å². The van der Waals surface area contributed by atoms with Crippen LogP contribution in [0.15, 0.2) is 0 Å². The summed E-state index contributed by atoms with van der Waals surface area (Å²) in [5.41, 5.74) is 0. The van der Waals surface area contributed by atoms with Crippen molar-refractivity contribution >= 4 is 29.0 Å². The molecule has 0 aromatic carbocycles. The molecule has 0 amide bonds. The number of halogens is 2. The van der Waals surface area contributed by atoms with Gasteiger partial charge in [-0.1, -0.05) is 23.2 Å². The van der Waals surface area contributed by atoms with E-state index >= 15 is 0 Å². The molecule has 0 aromatic rings. The maximum atomic E-state index is 11.1. The number of hydrogen-bond acceptors (Lipinski definition) is 2. The summed E-state index contributed by atoms with van der Waals surface area (Å²) in [6.07, 6.45) is 1.55. The molecule has 2 fully saturated rings. The summed E-state index contributed by atoms with van der Waals surface area (Å²) >= 11 is 11.5. The topological polar surface area (TPSA) is 26.3 Å². The van der Waals surface area contributed by atoms with Gasteiger partial charge in [-0.25, -0.2) is 0 Å². The molecule has 62 valence electrons. The fourth-order valence-electron chi connectivity index (χ4n) is 1.69. The van der Waals surface area contributed by atoms with Crippen molar-refractivity contribution in [2.45, 2.75) is 23.3 Å². The second-order valence-electron chi connectivity index (χ2n) is 3.03. The zero-order chi connectivity index (χ0) is 8.06. The molecule has 11 heavy (non-hydrogen) atoms. The molecule has 0 radical (unpaired) electrons. The highest BCUT2D eigenvalue weighted by Gasteiger charge is 2.61. The first-order valence-corrected chi connectivity index (χ1v) is 4.43. The standard InChI is InChI=1S/C7H8Cl2O2/c8-7(9)4-2-1-3-11-5(4)6(7)10/h4-5H,1-3H2/t4-,5+/m0/s1. The van der Waals surface area contributed by atoms with E-state index in [0.717, 1.165) is 12.8 Å². The predicted octanol–water partition coefficient (Wildman–Crippen LogP) is 1.54. The van der Waals surface area contributed by atoms with Gasteiger partial charge in [-0.05, 0) is 12.8 Å². The summed E-state index contributed by atoms with van der Waals surface area (Å²) in [7, 11) is 0. The molecule has 2 nitrogen and oxygen atoms in total. The van der Waals surface area contributed by atoms with Crippen LogP contribution in [-0.4, -0.2) is 22.8 Å². The second kappa shape index (κ2) is 2.35. The van der Waals surface area contributed by atoms with Crippen molar-refractivity contribution in [3.05, 3.63) is 0 Å². The third kappa shape index (κ3) is 0.930. The minimum atomic E-state index is -1.15. The van der Waals surface area contributed by atoms with Crippen LogP contribution in [-0.2, 0) is 9.53 Å². The molecule has 0 unspecified atom stereocenters. The van der Waals surface area contributed by atoms with E-state index in [9.17, 15) is 4.79 Å². The molecule has 2 rings (SSSR count). The lowest BCUT2D eigenvalue weighted by Crippen LogP contribution is -2.62. The summed E-state index contributed by atoms with van der Waals surface area (Å²) in [4.78, 5) is 11.1. The van der Waals surface area contributed by atoms with Crippen LogP contribution in [0.1, 0.15) is 12.8 Å². The average molecular weight is 195 g/mol. The zero-order valence-corrected chi connectivity index (χ0v) is 7.36. The molecule has 1 aliphatic carbocycles. The Kier molecular flexibility index (Phi) is 1.67. The Hall–Kier alpha value is 0.210.